The number of amidine groups is 1. The van der Waals surface area contributed by atoms with Gasteiger partial charge in [0.05, 0.1) is 0 Å². The summed E-state index contributed by atoms with van der Waals surface area (Å²) in [4.78, 5) is 1.17. The van der Waals surface area contributed by atoms with Gasteiger partial charge in [-0.05, 0) is 36.8 Å². The number of thioether (sulfide) groups is 1. The first-order valence-electron chi connectivity index (χ1n) is 5.82. The normalized spacial score (nSPS) is 12.7. The largest absolute Gasteiger partial charge is 0.409 e. The third-order valence-corrected chi connectivity index (χ3v) is 4.13. The van der Waals surface area contributed by atoms with Crippen LogP contribution in [0.4, 0.5) is 0 Å². The summed E-state index contributed by atoms with van der Waals surface area (Å²) in [6.45, 7) is 3.96. The first-order chi connectivity index (χ1) is 8.45. The Hall–Kier alpha value is -0.870. The van der Waals surface area contributed by atoms with Gasteiger partial charge in [0.1, 0.15) is 5.84 Å². The maximum absolute atomic E-state index is 8.68. The second-order valence-electron chi connectivity index (χ2n) is 4.78. The van der Waals surface area contributed by atoms with E-state index in [0.717, 1.165) is 23.6 Å². The highest BCUT2D eigenvalue weighted by atomic mass is 35.5. The third-order valence-electron chi connectivity index (χ3n) is 2.81. The molecule has 0 unspecified atom stereocenters. The van der Waals surface area contributed by atoms with Gasteiger partial charge in [0, 0.05) is 15.3 Å². The fourth-order valence-electron chi connectivity index (χ4n) is 1.52. The van der Waals surface area contributed by atoms with Gasteiger partial charge in [-0.25, -0.2) is 0 Å². The van der Waals surface area contributed by atoms with Crippen molar-refractivity contribution in [1.29, 1.82) is 0 Å². The van der Waals surface area contributed by atoms with Gasteiger partial charge in [0.2, 0.25) is 0 Å². The highest BCUT2D eigenvalue weighted by molar-refractivity contribution is 7.99. The van der Waals surface area contributed by atoms with Crippen molar-refractivity contribution < 1.29 is 5.21 Å². The van der Waals surface area contributed by atoms with E-state index in [9.17, 15) is 0 Å². The molecule has 1 aromatic carbocycles. The summed E-state index contributed by atoms with van der Waals surface area (Å²) >= 11 is 7.68. The van der Waals surface area contributed by atoms with Crippen molar-refractivity contribution in [2.45, 2.75) is 31.6 Å². The number of benzene rings is 1. The molecule has 0 fully saturated rings. The van der Waals surface area contributed by atoms with Crippen LogP contribution in [0.1, 0.15) is 26.7 Å². The molecule has 0 radical (unpaired) electrons. The number of rotatable bonds is 6. The summed E-state index contributed by atoms with van der Waals surface area (Å²) in [6.07, 6.45) is 1.89. The van der Waals surface area contributed by atoms with E-state index in [2.05, 4.69) is 5.16 Å². The average molecular weight is 287 g/mol. The molecule has 0 saturated carbocycles. The molecule has 1 rings (SSSR count). The molecule has 0 atom stereocenters. The summed E-state index contributed by atoms with van der Waals surface area (Å²) in [7, 11) is 0. The van der Waals surface area contributed by atoms with Crippen LogP contribution in [0.5, 0.6) is 0 Å². The molecular formula is C13H19ClN2OS. The van der Waals surface area contributed by atoms with Crippen molar-refractivity contribution in [3.8, 4) is 0 Å². The first-order valence-corrected chi connectivity index (χ1v) is 7.18. The van der Waals surface area contributed by atoms with E-state index in [1.54, 1.807) is 11.8 Å². The average Bonchev–Trinajstić information content (AvgIpc) is 2.33. The van der Waals surface area contributed by atoms with Crippen molar-refractivity contribution in [1.82, 2.24) is 0 Å². The van der Waals surface area contributed by atoms with Crippen LogP contribution in [-0.2, 0) is 0 Å². The summed E-state index contributed by atoms with van der Waals surface area (Å²) in [5, 5.41) is 12.5. The molecule has 0 spiro atoms. The zero-order chi connectivity index (χ0) is 13.6. The summed E-state index contributed by atoms with van der Waals surface area (Å²) in [5.41, 5.74) is 5.38. The Morgan fingerprint density at radius 3 is 2.83 bits per heavy atom. The predicted octanol–water partition coefficient (Wildman–Crippen LogP) is 3.98. The molecule has 1 aromatic rings. The SMILES string of the molecule is CC(C)(CCCSc1cccc(Cl)c1)C(N)=NO. The van der Waals surface area contributed by atoms with Gasteiger partial charge in [0.25, 0.3) is 0 Å². The number of hydrogen-bond donors (Lipinski definition) is 2. The molecule has 0 heterocycles. The van der Waals surface area contributed by atoms with E-state index < -0.39 is 0 Å². The van der Waals surface area contributed by atoms with Gasteiger partial charge in [-0.15, -0.1) is 11.8 Å². The molecule has 0 bridgehead atoms. The molecule has 3 N–H and O–H groups in total. The lowest BCUT2D eigenvalue weighted by Gasteiger charge is -2.22. The number of halogens is 1. The zero-order valence-corrected chi connectivity index (χ0v) is 12.3. The van der Waals surface area contributed by atoms with Gasteiger partial charge in [0.15, 0.2) is 0 Å². The topological polar surface area (TPSA) is 58.6 Å². The van der Waals surface area contributed by atoms with Gasteiger partial charge in [-0.1, -0.05) is 36.7 Å². The molecule has 0 saturated heterocycles. The highest BCUT2D eigenvalue weighted by Gasteiger charge is 2.22. The molecule has 0 aromatic heterocycles. The summed E-state index contributed by atoms with van der Waals surface area (Å²) in [6, 6.07) is 7.82. The monoisotopic (exact) mass is 286 g/mol. The van der Waals surface area contributed by atoms with Crippen LogP contribution in [-0.4, -0.2) is 16.8 Å². The van der Waals surface area contributed by atoms with E-state index >= 15 is 0 Å². The number of oxime groups is 1. The lowest BCUT2D eigenvalue weighted by atomic mass is 9.87. The van der Waals surface area contributed by atoms with Crippen LogP contribution in [0.25, 0.3) is 0 Å². The minimum atomic E-state index is -0.260. The van der Waals surface area contributed by atoms with Crippen molar-refractivity contribution in [2.75, 3.05) is 5.75 Å². The summed E-state index contributed by atoms with van der Waals surface area (Å²) < 4.78 is 0. The van der Waals surface area contributed by atoms with Gasteiger partial charge in [-0.2, -0.15) is 0 Å². The van der Waals surface area contributed by atoms with E-state index in [-0.39, 0.29) is 11.3 Å². The summed E-state index contributed by atoms with van der Waals surface area (Å²) in [5.74, 6) is 1.28. The Morgan fingerprint density at radius 2 is 2.22 bits per heavy atom. The van der Waals surface area contributed by atoms with Crippen molar-refractivity contribution in [3.05, 3.63) is 29.3 Å². The van der Waals surface area contributed by atoms with Crippen molar-refractivity contribution >= 4 is 29.2 Å². The standard InChI is InChI=1S/C13H19ClN2OS/c1-13(2,12(15)16-17)7-4-8-18-11-6-3-5-10(14)9-11/h3,5-6,9,17H,4,7-8H2,1-2H3,(H2,15,16). The molecule has 100 valence electrons. The molecule has 3 nitrogen and oxygen atoms in total. The van der Waals surface area contributed by atoms with Crippen molar-refractivity contribution in [3.63, 3.8) is 0 Å². The molecule has 0 amide bonds. The fraction of sp³-hybridized carbons (Fsp3) is 0.462. The molecule has 0 aliphatic heterocycles. The van der Waals surface area contributed by atoms with E-state index in [4.69, 9.17) is 22.5 Å². The van der Waals surface area contributed by atoms with Gasteiger partial charge in [-0.3, -0.25) is 0 Å². The Balaban J connectivity index is 2.35. The Morgan fingerprint density at radius 1 is 1.50 bits per heavy atom. The van der Waals surface area contributed by atoms with E-state index in [1.165, 1.54) is 4.90 Å². The van der Waals surface area contributed by atoms with Crippen molar-refractivity contribution in [2.24, 2.45) is 16.3 Å². The van der Waals surface area contributed by atoms with Crippen LogP contribution in [0.3, 0.4) is 0 Å². The van der Waals surface area contributed by atoms with Crippen LogP contribution in [0, 0.1) is 5.41 Å². The molecule has 0 aliphatic carbocycles. The molecule has 0 aliphatic rings. The molecule has 5 heteroatoms. The third kappa shape index (κ3) is 4.78. The first kappa shape index (κ1) is 15.2. The molecule has 18 heavy (non-hydrogen) atoms. The number of nitrogens with zero attached hydrogens (tertiary/aromatic N) is 1. The lowest BCUT2D eigenvalue weighted by molar-refractivity contribution is 0.305. The van der Waals surface area contributed by atoms with Crippen LogP contribution in [0.2, 0.25) is 5.02 Å². The Bertz CT molecular complexity index is 421. The second-order valence-corrected chi connectivity index (χ2v) is 6.38. The van der Waals surface area contributed by atoms with Gasteiger partial charge >= 0.3 is 0 Å². The predicted molar refractivity (Wildman–Crippen MR) is 78.6 cm³/mol. The second kappa shape index (κ2) is 6.90. The minimum Gasteiger partial charge on any atom is -0.409 e. The maximum atomic E-state index is 8.68. The fourth-order valence-corrected chi connectivity index (χ4v) is 2.69. The highest BCUT2D eigenvalue weighted by Crippen LogP contribution is 2.27. The van der Waals surface area contributed by atoms with E-state index in [0.29, 0.717) is 0 Å². The van der Waals surface area contributed by atoms with Crippen LogP contribution >= 0.6 is 23.4 Å². The quantitative estimate of drug-likeness (QED) is 0.208. The van der Waals surface area contributed by atoms with Crippen LogP contribution < -0.4 is 5.73 Å². The smallest absolute Gasteiger partial charge is 0.144 e. The Labute approximate surface area is 117 Å². The number of hydrogen-bond acceptors (Lipinski definition) is 3. The van der Waals surface area contributed by atoms with E-state index in [1.807, 2.05) is 38.1 Å². The maximum Gasteiger partial charge on any atom is 0.144 e. The lowest BCUT2D eigenvalue weighted by Crippen LogP contribution is -2.31. The minimum absolute atomic E-state index is 0.260. The van der Waals surface area contributed by atoms with Crippen LogP contribution in [0.15, 0.2) is 34.3 Å². The van der Waals surface area contributed by atoms with Gasteiger partial charge < -0.3 is 10.9 Å². The Kier molecular flexibility index (Phi) is 5.82. The molecular weight excluding hydrogens is 268 g/mol. The number of nitrogens with two attached hydrogens (primary N) is 1. The zero-order valence-electron chi connectivity index (χ0n) is 10.7.